The van der Waals surface area contributed by atoms with Crippen LogP contribution in [0.5, 0.6) is 5.75 Å². The van der Waals surface area contributed by atoms with Crippen LogP contribution in [-0.4, -0.2) is 29.9 Å². The molecule has 0 aromatic heterocycles. The summed E-state index contributed by atoms with van der Waals surface area (Å²) in [7, 11) is 0. The number of aromatic carboxylic acids is 1. The predicted molar refractivity (Wildman–Crippen MR) is 84.2 cm³/mol. The third-order valence-corrected chi connectivity index (χ3v) is 4.08. The van der Waals surface area contributed by atoms with E-state index < -0.39 is 11.8 Å². The minimum Gasteiger partial charge on any atom is -0.872 e. The van der Waals surface area contributed by atoms with E-state index in [9.17, 15) is 19.8 Å². The molecule has 2 aromatic carbocycles. The largest absolute Gasteiger partial charge is 1.00 e. The molecule has 0 unspecified atom stereocenters. The molecule has 24 heavy (non-hydrogen) atoms. The first kappa shape index (κ1) is 18.5. The van der Waals surface area contributed by atoms with Crippen molar-refractivity contribution in [3.8, 4) is 5.75 Å². The molecule has 1 aliphatic rings. The van der Waals surface area contributed by atoms with Gasteiger partial charge in [0.15, 0.2) is 5.78 Å². The third-order valence-electron chi connectivity index (χ3n) is 4.08. The van der Waals surface area contributed by atoms with Gasteiger partial charge in [-0.05, 0) is 37.1 Å². The first-order chi connectivity index (χ1) is 11.1. The van der Waals surface area contributed by atoms with E-state index in [1.54, 1.807) is 18.2 Å². The maximum Gasteiger partial charge on any atom is 1.00 e. The SMILES string of the molecule is O=C(O)c1ccccc1C(=O)c1ccc(N2CCCC2)cc1[O-].[Na+]. The summed E-state index contributed by atoms with van der Waals surface area (Å²) in [5.74, 6) is -2.12. The molecule has 1 N–H and O–H groups in total. The molecule has 0 atom stereocenters. The van der Waals surface area contributed by atoms with E-state index in [2.05, 4.69) is 4.90 Å². The first-order valence-electron chi connectivity index (χ1n) is 7.51. The zero-order valence-corrected chi connectivity index (χ0v) is 15.5. The Balaban J connectivity index is 0.00000208. The molecule has 5 nitrogen and oxygen atoms in total. The van der Waals surface area contributed by atoms with Crippen LogP contribution >= 0.6 is 0 Å². The van der Waals surface area contributed by atoms with E-state index in [1.165, 1.54) is 24.3 Å². The van der Waals surface area contributed by atoms with Crippen LogP contribution in [-0.2, 0) is 0 Å². The monoisotopic (exact) mass is 333 g/mol. The van der Waals surface area contributed by atoms with Gasteiger partial charge in [0.25, 0.3) is 0 Å². The molecule has 1 saturated heterocycles. The Kier molecular flexibility index (Phi) is 6.04. The predicted octanol–water partition coefficient (Wildman–Crippen LogP) is -0.706. The summed E-state index contributed by atoms with van der Waals surface area (Å²) >= 11 is 0. The number of carboxylic acids is 1. The number of benzene rings is 2. The van der Waals surface area contributed by atoms with Crippen molar-refractivity contribution in [2.45, 2.75) is 12.8 Å². The zero-order valence-electron chi connectivity index (χ0n) is 13.5. The van der Waals surface area contributed by atoms with Crippen LogP contribution in [0.4, 0.5) is 5.69 Å². The van der Waals surface area contributed by atoms with Crippen molar-refractivity contribution in [3.05, 3.63) is 59.2 Å². The van der Waals surface area contributed by atoms with Gasteiger partial charge >= 0.3 is 35.5 Å². The van der Waals surface area contributed by atoms with Gasteiger partial charge in [-0.3, -0.25) is 4.79 Å². The summed E-state index contributed by atoms with van der Waals surface area (Å²) in [6.45, 7) is 1.82. The van der Waals surface area contributed by atoms with Gasteiger partial charge in [-0.15, -0.1) is 0 Å². The molecule has 6 heteroatoms. The van der Waals surface area contributed by atoms with Gasteiger partial charge in [-0.2, -0.15) is 0 Å². The Morgan fingerprint density at radius 1 is 0.958 bits per heavy atom. The minimum atomic E-state index is -1.19. The number of carbonyl (C=O) groups excluding carboxylic acids is 1. The Bertz CT molecular complexity index is 769. The molecular formula is C18H16NNaO4. The van der Waals surface area contributed by atoms with Crippen molar-refractivity contribution in [2.75, 3.05) is 18.0 Å². The van der Waals surface area contributed by atoms with E-state index in [0.717, 1.165) is 31.6 Å². The van der Waals surface area contributed by atoms with E-state index in [-0.39, 0.29) is 52.0 Å². The molecule has 3 rings (SSSR count). The molecule has 118 valence electrons. The smallest absolute Gasteiger partial charge is 0.872 e. The van der Waals surface area contributed by atoms with Gasteiger partial charge in [-0.1, -0.05) is 23.9 Å². The molecule has 0 aliphatic carbocycles. The second-order valence-electron chi connectivity index (χ2n) is 5.55. The quantitative estimate of drug-likeness (QED) is 0.591. The average Bonchev–Trinajstić information content (AvgIpc) is 3.08. The summed E-state index contributed by atoms with van der Waals surface area (Å²) in [5, 5.41) is 21.5. The van der Waals surface area contributed by atoms with Crippen LogP contribution in [0.3, 0.4) is 0 Å². The van der Waals surface area contributed by atoms with E-state index >= 15 is 0 Å². The van der Waals surface area contributed by atoms with Crippen molar-refractivity contribution in [1.82, 2.24) is 0 Å². The Hall–Kier alpha value is -1.82. The number of hydrogen-bond acceptors (Lipinski definition) is 4. The van der Waals surface area contributed by atoms with Gasteiger partial charge in [0, 0.05) is 29.9 Å². The third kappa shape index (κ3) is 3.64. The summed E-state index contributed by atoms with van der Waals surface area (Å²) < 4.78 is 0. The summed E-state index contributed by atoms with van der Waals surface area (Å²) in [4.78, 5) is 25.9. The normalized spacial score (nSPS) is 13.4. The first-order valence-corrected chi connectivity index (χ1v) is 7.51. The van der Waals surface area contributed by atoms with Crippen molar-refractivity contribution in [3.63, 3.8) is 0 Å². The molecule has 0 bridgehead atoms. The number of hydrogen-bond donors (Lipinski definition) is 1. The fraction of sp³-hybridized carbons (Fsp3) is 0.222. The van der Waals surface area contributed by atoms with Crippen molar-refractivity contribution in [1.29, 1.82) is 0 Å². The Morgan fingerprint density at radius 3 is 2.17 bits per heavy atom. The molecule has 1 heterocycles. The molecule has 1 fully saturated rings. The van der Waals surface area contributed by atoms with E-state index in [1.807, 2.05) is 0 Å². The minimum absolute atomic E-state index is 0. The van der Waals surface area contributed by atoms with Crippen molar-refractivity contribution < 1.29 is 49.4 Å². The van der Waals surface area contributed by atoms with Gasteiger partial charge in [0.2, 0.25) is 0 Å². The topological polar surface area (TPSA) is 80.7 Å². The number of carbonyl (C=O) groups is 2. The van der Waals surface area contributed by atoms with Gasteiger partial charge in [0.1, 0.15) is 0 Å². The maximum atomic E-state index is 12.5. The van der Waals surface area contributed by atoms with Gasteiger partial charge in [0.05, 0.1) is 5.56 Å². The number of carboxylic acid groups (broad SMARTS) is 1. The average molecular weight is 333 g/mol. The zero-order chi connectivity index (χ0) is 16.4. The number of rotatable bonds is 4. The molecule has 0 amide bonds. The summed E-state index contributed by atoms with van der Waals surface area (Å²) in [5.41, 5.74) is 0.753. The van der Waals surface area contributed by atoms with Gasteiger partial charge < -0.3 is 15.1 Å². The van der Waals surface area contributed by atoms with Crippen LogP contribution in [0.15, 0.2) is 42.5 Å². The summed E-state index contributed by atoms with van der Waals surface area (Å²) in [6.07, 6.45) is 2.20. The standard InChI is InChI=1S/C18H17NO4.Na/c20-16-11-12(19-9-3-4-10-19)7-8-15(16)17(21)13-5-1-2-6-14(13)18(22)23;/h1-2,5-8,11,20H,3-4,9-10H2,(H,22,23);/q;+1/p-1. The number of nitrogens with zero attached hydrogens (tertiary/aromatic N) is 1. The van der Waals surface area contributed by atoms with Gasteiger partial charge in [-0.25, -0.2) is 4.79 Å². The second-order valence-corrected chi connectivity index (χ2v) is 5.55. The van der Waals surface area contributed by atoms with E-state index in [0.29, 0.717) is 0 Å². The molecule has 0 saturated carbocycles. The maximum absolute atomic E-state index is 12.5. The number of anilines is 1. The van der Waals surface area contributed by atoms with Crippen LogP contribution < -0.4 is 39.6 Å². The van der Waals surface area contributed by atoms with Crippen LogP contribution in [0.25, 0.3) is 0 Å². The fourth-order valence-corrected chi connectivity index (χ4v) is 2.88. The van der Waals surface area contributed by atoms with Crippen molar-refractivity contribution >= 4 is 17.4 Å². The Labute approximate surface area is 162 Å². The molecule has 1 aliphatic heterocycles. The second kappa shape index (κ2) is 7.83. The molecule has 0 spiro atoms. The van der Waals surface area contributed by atoms with Crippen molar-refractivity contribution in [2.24, 2.45) is 0 Å². The van der Waals surface area contributed by atoms with Crippen LogP contribution in [0.1, 0.15) is 39.1 Å². The van der Waals surface area contributed by atoms with Crippen LogP contribution in [0, 0.1) is 0 Å². The van der Waals surface area contributed by atoms with Crippen LogP contribution in [0.2, 0.25) is 0 Å². The fourth-order valence-electron chi connectivity index (χ4n) is 2.88. The number of ketones is 1. The Morgan fingerprint density at radius 2 is 1.58 bits per heavy atom. The molecule has 2 aromatic rings. The van der Waals surface area contributed by atoms with E-state index in [4.69, 9.17) is 0 Å². The summed E-state index contributed by atoms with van der Waals surface area (Å²) in [6, 6.07) is 10.6. The molecular weight excluding hydrogens is 317 g/mol. The molecule has 0 radical (unpaired) electrons.